The van der Waals surface area contributed by atoms with Gasteiger partial charge in [-0.15, -0.1) is 0 Å². The average Bonchev–Trinajstić information content (AvgIpc) is 2.72. The zero-order valence-corrected chi connectivity index (χ0v) is 15.6. The van der Waals surface area contributed by atoms with Crippen molar-refractivity contribution >= 4 is 0 Å². The van der Waals surface area contributed by atoms with Crippen LogP contribution in [0.4, 0.5) is 8.78 Å². The standard InChI is InChI=1S/C25H20F2O/c1-2-17-7-13-23-20(15-17)9-10-21-16-19(8-14-24(21)23)4-3-18-5-11-22(12-6-18)28-25(26)27/h5-8,11-16,25H,2,9-10H2,1H3. The van der Waals surface area contributed by atoms with Gasteiger partial charge in [-0.25, -0.2) is 0 Å². The maximum Gasteiger partial charge on any atom is 0.387 e. The Bertz CT molecular complexity index is 1060. The molecule has 0 aromatic heterocycles. The summed E-state index contributed by atoms with van der Waals surface area (Å²) in [5.74, 6) is 6.40. The van der Waals surface area contributed by atoms with Crippen molar-refractivity contribution in [2.45, 2.75) is 32.8 Å². The largest absolute Gasteiger partial charge is 0.435 e. The van der Waals surface area contributed by atoms with Gasteiger partial charge in [0.25, 0.3) is 0 Å². The minimum Gasteiger partial charge on any atom is -0.435 e. The third-order valence-electron chi connectivity index (χ3n) is 5.07. The van der Waals surface area contributed by atoms with Crippen LogP contribution in [-0.2, 0) is 19.3 Å². The van der Waals surface area contributed by atoms with Gasteiger partial charge in [-0.3, -0.25) is 0 Å². The molecule has 0 bridgehead atoms. The first-order chi connectivity index (χ1) is 13.6. The molecule has 140 valence electrons. The van der Waals surface area contributed by atoms with E-state index in [0.717, 1.165) is 30.4 Å². The van der Waals surface area contributed by atoms with Crippen molar-refractivity contribution in [1.29, 1.82) is 0 Å². The molecule has 0 saturated carbocycles. The Balaban J connectivity index is 1.56. The Morgan fingerprint density at radius 3 is 2.11 bits per heavy atom. The summed E-state index contributed by atoms with van der Waals surface area (Å²) in [6.07, 6.45) is 3.13. The van der Waals surface area contributed by atoms with Crippen LogP contribution in [-0.4, -0.2) is 6.61 Å². The molecule has 3 aromatic rings. The van der Waals surface area contributed by atoms with Crippen molar-refractivity contribution in [3.05, 3.63) is 88.5 Å². The van der Waals surface area contributed by atoms with Gasteiger partial charge in [0.1, 0.15) is 5.75 Å². The highest BCUT2D eigenvalue weighted by atomic mass is 19.3. The van der Waals surface area contributed by atoms with Gasteiger partial charge < -0.3 is 4.74 Å². The number of hydrogen-bond donors (Lipinski definition) is 0. The third kappa shape index (κ3) is 3.92. The molecule has 1 nitrogen and oxygen atoms in total. The van der Waals surface area contributed by atoms with E-state index in [9.17, 15) is 8.78 Å². The average molecular weight is 374 g/mol. The van der Waals surface area contributed by atoms with Crippen LogP contribution in [0.2, 0.25) is 0 Å². The summed E-state index contributed by atoms with van der Waals surface area (Å²) in [7, 11) is 0. The molecular formula is C25H20F2O. The number of fused-ring (bicyclic) bond motifs is 3. The summed E-state index contributed by atoms with van der Waals surface area (Å²) in [5.41, 5.74) is 8.48. The Hall–Kier alpha value is -3.12. The summed E-state index contributed by atoms with van der Waals surface area (Å²) in [6.45, 7) is -0.630. The monoisotopic (exact) mass is 374 g/mol. The van der Waals surface area contributed by atoms with Gasteiger partial charge in [-0.2, -0.15) is 8.78 Å². The van der Waals surface area contributed by atoms with Crippen molar-refractivity contribution in [2.75, 3.05) is 0 Å². The first kappa shape index (κ1) is 18.3. The van der Waals surface area contributed by atoms with Crippen LogP contribution in [0.5, 0.6) is 5.75 Å². The van der Waals surface area contributed by atoms with E-state index in [4.69, 9.17) is 0 Å². The van der Waals surface area contributed by atoms with Crippen molar-refractivity contribution in [3.63, 3.8) is 0 Å². The highest BCUT2D eigenvalue weighted by Crippen LogP contribution is 2.34. The normalized spacial score (nSPS) is 12.0. The third-order valence-corrected chi connectivity index (χ3v) is 5.07. The summed E-state index contributed by atoms with van der Waals surface area (Å²) >= 11 is 0. The molecule has 0 fully saturated rings. The van der Waals surface area contributed by atoms with E-state index in [0.29, 0.717) is 0 Å². The number of ether oxygens (including phenoxy) is 1. The number of halogens is 2. The van der Waals surface area contributed by atoms with E-state index in [1.807, 2.05) is 6.07 Å². The summed E-state index contributed by atoms with van der Waals surface area (Å²) in [6, 6.07) is 19.5. The fourth-order valence-electron chi connectivity index (χ4n) is 3.61. The van der Waals surface area contributed by atoms with Gasteiger partial charge in [-0.1, -0.05) is 43.0 Å². The van der Waals surface area contributed by atoms with Crippen LogP contribution in [0.25, 0.3) is 11.1 Å². The molecule has 0 aliphatic heterocycles. The lowest BCUT2D eigenvalue weighted by Crippen LogP contribution is -2.05. The lowest BCUT2D eigenvalue weighted by atomic mass is 9.84. The van der Waals surface area contributed by atoms with E-state index in [2.05, 4.69) is 53.8 Å². The van der Waals surface area contributed by atoms with Crippen LogP contribution in [0.1, 0.15) is 34.7 Å². The van der Waals surface area contributed by atoms with E-state index in [1.165, 1.54) is 39.9 Å². The second-order valence-corrected chi connectivity index (χ2v) is 6.87. The van der Waals surface area contributed by atoms with Crippen LogP contribution in [0.3, 0.4) is 0 Å². The molecule has 0 N–H and O–H groups in total. The fraction of sp³-hybridized carbons (Fsp3) is 0.200. The molecule has 3 aromatic carbocycles. The van der Waals surface area contributed by atoms with E-state index in [-0.39, 0.29) is 5.75 Å². The molecule has 28 heavy (non-hydrogen) atoms. The van der Waals surface area contributed by atoms with Crippen molar-refractivity contribution < 1.29 is 13.5 Å². The van der Waals surface area contributed by atoms with Gasteiger partial charge in [0.15, 0.2) is 0 Å². The number of alkyl halides is 2. The van der Waals surface area contributed by atoms with Crippen LogP contribution >= 0.6 is 0 Å². The maximum atomic E-state index is 12.2. The molecule has 0 heterocycles. The lowest BCUT2D eigenvalue weighted by molar-refractivity contribution is -0.0498. The van der Waals surface area contributed by atoms with E-state index < -0.39 is 6.61 Å². The molecule has 1 aliphatic rings. The van der Waals surface area contributed by atoms with Crippen molar-refractivity contribution in [2.24, 2.45) is 0 Å². The molecule has 0 atom stereocenters. The second-order valence-electron chi connectivity index (χ2n) is 6.87. The molecule has 0 saturated heterocycles. The molecule has 3 heteroatoms. The molecule has 0 spiro atoms. The van der Waals surface area contributed by atoms with Gasteiger partial charge in [-0.05, 0) is 83.5 Å². The molecule has 1 aliphatic carbocycles. The molecule has 0 radical (unpaired) electrons. The molecular weight excluding hydrogens is 354 g/mol. The number of aryl methyl sites for hydroxylation is 3. The fourth-order valence-corrected chi connectivity index (χ4v) is 3.61. The van der Waals surface area contributed by atoms with Crippen LogP contribution in [0.15, 0.2) is 60.7 Å². The van der Waals surface area contributed by atoms with Crippen LogP contribution in [0, 0.1) is 11.8 Å². The Kier molecular flexibility index (Phi) is 5.12. The number of benzene rings is 3. The highest BCUT2D eigenvalue weighted by molar-refractivity contribution is 5.74. The Morgan fingerprint density at radius 2 is 1.43 bits per heavy atom. The molecule has 0 amide bonds. The van der Waals surface area contributed by atoms with Crippen molar-refractivity contribution in [1.82, 2.24) is 0 Å². The molecule has 0 unspecified atom stereocenters. The van der Waals surface area contributed by atoms with Gasteiger partial charge in [0.05, 0.1) is 0 Å². The van der Waals surface area contributed by atoms with Gasteiger partial charge in [0, 0.05) is 11.1 Å². The number of hydrogen-bond acceptors (Lipinski definition) is 1. The summed E-state index contributed by atoms with van der Waals surface area (Å²) < 4.78 is 28.8. The predicted molar refractivity (Wildman–Crippen MR) is 108 cm³/mol. The zero-order chi connectivity index (χ0) is 19.5. The maximum absolute atomic E-state index is 12.2. The first-order valence-corrected chi connectivity index (χ1v) is 9.44. The van der Waals surface area contributed by atoms with E-state index >= 15 is 0 Å². The summed E-state index contributed by atoms with van der Waals surface area (Å²) in [4.78, 5) is 0. The smallest absolute Gasteiger partial charge is 0.387 e. The first-order valence-electron chi connectivity index (χ1n) is 9.44. The van der Waals surface area contributed by atoms with Gasteiger partial charge >= 0.3 is 6.61 Å². The van der Waals surface area contributed by atoms with Crippen molar-refractivity contribution in [3.8, 4) is 28.7 Å². The highest BCUT2D eigenvalue weighted by Gasteiger charge is 2.16. The SMILES string of the molecule is CCc1ccc2c(c1)CCc1cc(C#Cc3ccc(OC(F)F)cc3)ccc1-2. The van der Waals surface area contributed by atoms with Crippen LogP contribution < -0.4 is 4.74 Å². The Morgan fingerprint density at radius 1 is 0.821 bits per heavy atom. The predicted octanol–water partition coefficient (Wildman–Crippen LogP) is 6.02. The minimum atomic E-state index is -2.81. The quantitative estimate of drug-likeness (QED) is 0.510. The topological polar surface area (TPSA) is 9.23 Å². The lowest BCUT2D eigenvalue weighted by Gasteiger charge is -2.20. The number of rotatable bonds is 3. The second kappa shape index (κ2) is 7.86. The summed E-state index contributed by atoms with van der Waals surface area (Å²) in [5, 5.41) is 0. The van der Waals surface area contributed by atoms with Gasteiger partial charge in [0.2, 0.25) is 0 Å². The minimum absolute atomic E-state index is 0.138. The van der Waals surface area contributed by atoms with E-state index in [1.54, 1.807) is 12.1 Å². The zero-order valence-electron chi connectivity index (χ0n) is 15.6. The Labute approximate surface area is 164 Å². The molecule has 4 rings (SSSR count).